The van der Waals surface area contributed by atoms with Gasteiger partial charge in [-0.3, -0.25) is 4.79 Å². The molecular formula is C22H21ClN4O5. The van der Waals surface area contributed by atoms with E-state index in [4.69, 9.17) is 21.1 Å². The molecule has 0 N–H and O–H groups in total. The Hall–Kier alpha value is -3.72. The van der Waals surface area contributed by atoms with Crippen LogP contribution in [0.25, 0.3) is 0 Å². The van der Waals surface area contributed by atoms with Gasteiger partial charge in [-0.25, -0.2) is 4.79 Å². The van der Waals surface area contributed by atoms with E-state index in [1.165, 1.54) is 6.21 Å². The molecule has 0 aliphatic carbocycles. The van der Waals surface area contributed by atoms with Crippen LogP contribution >= 0.6 is 11.6 Å². The molecule has 0 atom stereocenters. The zero-order valence-corrected chi connectivity index (χ0v) is 18.3. The number of hydrogen-bond acceptors (Lipinski definition) is 7. The van der Waals surface area contributed by atoms with E-state index in [1.54, 1.807) is 55.5 Å². The van der Waals surface area contributed by atoms with Gasteiger partial charge in [0, 0.05) is 10.6 Å². The van der Waals surface area contributed by atoms with Gasteiger partial charge >= 0.3 is 5.97 Å². The number of carbonyl (C=O) groups excluding carboxylic acids is 2. The Morgan fingerprint density at radius 1 is 1.12 bits per heavy atom. The molecule has 3 rings (SSSR count). The summed E-state index contributed by atoms with van der Waals surface area (Å²) in [7, 11) is 0. The molecular weight excluding hydrogens is 436 g/mol. The van der Waals surface area contributed by atoms with E-state index in [1.807, 2.05) is 6.92 Å². The monoisotopic (exact) mass is 456 g/mol. The molecule has 10 heteroatoms. The summed E-state index contributed by atoms with van der Waals surface area (Å²) < 4.78 is 11.3. The zero-order valence-electron chi connectivity index (χ0n) is 17.5. The minimum absolute atomic E-state index is 0.0599. The molecule has 3 aromatic rings. The van der Waals surface area contributed by atoms with Gasteiger partial charge in [0.1, 0.15) is 11.0 Å². The average Bonchev–Trinajstić information content (AvgIpc) is 3.09. The van der Waals surface area contributed by atoms with Crippen molar-refractivity contribution in [1.82, 2.24) is 10.0 Å². The van der Waals surface area contributed by atoms with Crippen molar-refractivity contribution in [2.75, 3.05) is 13.2 Å². The number of aromatic nitrogens is 3. The number of hydrogen-bond donors (Lipinski definition) is 0. The van der Waals surface area contributed by atoms with Gasteiger partial charge in [0.05, 0.1) is 19.4 Å². The summed E-state index contributed by atoms with van der Waals surface area (Å²) in [5.41, 5.74) is 0.654. The molecule has 1 aromatic heterocycles. The number of ketones is 1. The van der Waals surface area contributed by atoms with E-state index >= 15 is 0 Å². The summed E-state index contributed by atoms with van der Waals surface area (Å²) in [5.74, 6) is -1.40. The van der Waals surface area contributed by atoms with Gasteiger partial charge in [-0.1, -0.05) is 28.8 Å². The lowest BCUT2D eigenvalue weighted by Crippen LogP contribution is -2.45. The normalized spacial score (nSPS) is 11.0. The lowest BCUT2D eigenvalue weighted by atomic mass is 10.1. The predicted molar refractivity (Wildman–Crippen MR) is 114 cm³/mol. The van der Waals surface area contributed by atoms with Gasteiger partial charge in [0.2, 0.25) is 5.78 Å². The van der Waals surface area contributed by atoms with Crippen molar-refractivity contribution in [3.8, 4) is 11.6 Å². The molecule has 0 bridgehead atoms. The van der Waals surface area contributed by atoms with Crippen LogP contribution in [0.4, 0.5) is 0 Å². The Morgan fingerprint density at radius 3 is 2.44 bits per heavy atom. The molecule has 1 heterocycles. The maximum absolute atomic E-state index is 12.7. The number of halogens is 1. The number of esters is 1. The minimum atomic E-state index is -0.884. The summed E-state index contributed by atoms with van der Waals surface area (Å²) in [4.78, 5) is 25.8. The molecule has 0 fully saturated rings. The van der Waals surface area contributed by atoms with Crippen LogP contribution < -0.4 is 14.5 Å². The number of ether oxygens (including phenoxy) is 2. The van der Waals surface area contributed by atoms with Crippen molar-refractivity contribution in [2.24, 2.45) is 5.10 Å². The van der Waals surface area contributed by atoms with Crippen molar-refractivity contribution in [1.29, 1.82) is 0 Å². The summed E-state index contributed by atoms with van der Waals surface area (Å²) >= 11 is 5.86. The highest BCUT2D eigenvalue weighted by atomic mass is 35.5. The van der Waals surface area contributed by atoms with Crippen LogP contribution in [0.2, 0.25) is 5.02 Å². The minimum Gasteiger partial charge on any atom is -0.836 e. The molecule has 0 unspecified atom stereocenters. The number of benzene rings is 2. The van der Waals surface area contributed by atoms with Crippen LogP contribution in [-0.4, -0.2) is 41.2 Å². The van der Waals surface area contributed by atoms with Gasteiger partial charge in [0.15, 0.2) is 12.4 Å². The first-order valence-corrected chi connectivity index (χ1v) is 10.2. The fraction of sp³-hybridized carbons (Fsp3) is 0.227. The van der Waals surface area contributed by atoms with Crippen LogP contribution in [0, 0.1) is 0 Å². The van der Waals surface area contributed by atoms with E-state index in [2.05, 4.69) is 10.3 Å². The molecule has 9 nitrogen and oxygen atoms in total. The van der Waals surface area contributed by atoms with E-state index in [9.17, 15) is 14.7 Å². The third-order valence-corrected chi connectivity index (χ3v) is 4.52. The van der Waals surface area contributed by atoms with E-state index in [-0.39, 0.29) is 24.6 Å². The quantitative estimate of drug-likeness (QED) is 0.211. The third-order valence-electron chi connectivity index (χ3n) is 4.27. The first-order valence-electron chi connectivity index (χ1n) is 9.86. The summed E-state index contributed by atoms with van der Waals surface area (Å²) in [5, 5.41) is 21.3. The molecule has 166 valence electrons. The molecule has 32 heavy (non-hydrogen) atoms. The molecule has 0 saturated carbocycles. The molecule has 2 aromatic carbocycles. The highest BCUT2D eigenvalue weighted by Gasteiger charge is 2.29. The van der Waals surface area contributed by atoms with Gasteiger partial charge in [-0.05, 0) is 60.6 Å². The van der Waals surface area contributed by atoms with E-state index < -0.39 is 11.8 Å². The van der Waals surface area contributed by atoms with Crippen LogP contribution in [0.3, 0.4) is 0 Å². The summed E-state index contributed by atoms with van der Waals surface area (Å²) in [6.07, 6.45) is 1.39. The molecule has 0 radical (unpaired) electrons. The van der Waals surface area contributed by atoms with Crippen LogP contribution in [0.1, 0.15) is 40.3 Å². The van der Waals surface area contributed by atoms with Gasteiger partial charge < -0.3 is 14.6 Å². The fourth-order valence-corrected chi connectivity index (χ4v) is 2.90. The van der Waals surface area contributed by atoms with Gasteiger partial charge in [-0.2, -0.15) is 0 Å². The Balaban J connectivity index is 1.89. The van der Waals surface area contributed by atoms with Gasteiger partial charge in [-0.15, -0.1) is 4.68 Å². The lowest BCUT2D eigenvalue weighted by molar-refractivity contribution is -0.745. The lowest BCUT2D eigenvalue weighted by Gasteiger charge is -2.04. The summed E-state index contributed by atoms with van der Waals surface area (Å²) in [6, 6.07) is 13.3. The van der Waals surface area contributed by atoms with Crippen LogP contribution in [0.5, 0.6) is 11.6 Å². The topological polar surface area (TPSA) is 110 Å². The smallest absolute Gasteiger partial charge is 0.383 e. The third kappa shape index (κ3) is 5.50. The van der Waals surface area contributed by atoms with Crippen LogP contribution in [-0.2, 0) is 11.3 Å². The van der Waals surface area contributed by atoms with Crippen molar-refractivity contribution < 1.29 is 28.9 Å². The second-order valence-electron chi connectivity index (χ2n) is 6.49. The van der Waals surface area contributed by atoms with Crippen molar-refractivity contribution in [3.05, 3.63) is 70.4 Å². The second kappa shape index (κ2) is 10.5. The number of nitrogens with zero attached hydrogens (tertiary/aromatic N) is 4. The zero-order chi connectivity index (χ0) is 23.1. The maximum Gasteiger partial charge on any atom is 0.383 e. The summed E-state index contributed by atoms with van der Waals surface area (Å²) in [6.45, 7) is 3.69. The van der Waals surface area contributed by atoms with Crippen LogP contribution in [0.15, 0.2) is 53.6 Å². The Labute approximate surface area is 189 Å². The first kappa shape index (κ1) is 23.0. The number of carbonyl (C=O) groups is 2. The van der Waals surface area contributed by atoms with Crippen molar-refractivity contribution in [2.45, 2.75) is 20.4 Å². The first-order chi connectivity index (χ1) is 15.4. The SMILES string of the molecule is CCOC(=O)c1c([O-])n(/N=C/c2ccc(Cl)cc2)n[n+]1CC(=O)c1ccc(OCC)cc1. The molecule has 0 aliphatic heterocycles. The Bertz CT molecular complexity index is 1120. The molecule has 0 amide bonds. The largest absolute Gasteiger partial charge is 0.836 e. The maximum atomic E-state index is 12.7. The van der Waals surface area contributed by atoms with E-state index in [0.717, 1.165) is 9.47 Å². The standard InChI is InChI=1S/C22H21ClN4O5/c1-3-31-18-11-7-16(8-12-18)19(28)14-26-20(22(30)32-4-2)21(29)27(25-26)24-13-15-5-9-17(23)10-6-15/h5-13H,3-4,14H2,1-2H3/b24-13+. The Kier molecular flexibility index (Phi) is 7.56. The molecule has 0 spiro atoms. The number of rotatable bonds is 9. The predicted octanol–water partition coefficient (Wildman–Crippen LogP) is 2.24. The molecule has 0 aliphatic rings. The molecule has 0 saturated heterocycles. The van der Waals surface area contributed by atoms with Gasteiger partial charge in [0.25, 0.3) is 5.69 Å². The highest BCUT2D eigenvalue weighted by molar-refractivity contribution is 6.30. The average molecular weight is 457 g/mol. The van der Waals surface area contributed by atoms with Crippen molar-refractivity contribution in [3.63, 3.8) is 0 Å². The fourth-order valence-electron chi connectivity index (χ4n) is 2.77. The number of Topliss-reactive ketones (excluding diaryl/α,β-unsaturated/α-hetero) is 1. The van der Waals surface area contributed by atoms with E-state index in [0.29, 0.717) is 28.5 Å². The van der Waals surface area contributed by atoms with Crippen molar-refractivity contribution >= 4 is 29.6 Å². The second-order valence-corrected chi connectivity index (χ2v) is 6.92. The highest BCUT2D eigenvalue weighted by Crippen LogP contribution is 2.14. The Morgan fingerprint density at radius 2 is 1.81 bits per heavy atom.